The lowest BCUT2D eigenvalue weighted by molar-refractivity contribution is 0.370. The number of hydrazine groups is 1. The lowest BCUT2D eigenvalue weighted by atomic mass is 9.74. The minimum absolute atomic E-state index is 0.0528. The molecule has 0 saturated heterocycles. The summed E-state index contributed by atoms with van der Waals surface area (Å²) in [5.74, 6) is 6.94. The number of benzene rings is 1. The number of aromatic nitrogens is 1. The second-order valence-electron chi connectivity index (χ2n) is 5.16. The first-order chi connectivity index (χ1) is 9.83. The van der Waals surface area contributed by atoms with E-state index >= 15 is 0 Å². The Balaban J connectivity index is 1.79. The average molecular weight is 269 g/mol. The molecule has 1 aliphatic carbocycles. The van der Waals surface area contributed by atoms with E-state index in [1.54, 1.807) is 13.3 Å². The average Bonchev–Trinajstić information content (AvgIpc) is 2.49. The van der Waals surface area contributed by atoms with Crippen LogP contribution in [0.1, 0.15) is 35.1 Å². The Kier molecular flexibility index (Phi) is 3.67. The number of nitrogens with zero attached hydrogens (tertiary/aromatic N) is 1. The van der Waals surface area contributed by atoms with Crippen molar-refractivity contribution in [3.05, 3.63) is 59.3 Å². The van der Waals surface area contributed by atoms with Crippen LogP contribution in [0.4, 0.5) is 0 Å². The molecule has 0 amide bonds. The highest BCUT2D eigenvalue weighted by Crippen LogP contribution is 2.41. The van der Waals surface area contributed by atoms with Crippen LogP contribution in [0.15, 0.2) is 42.6 Å². The third kappa shape index (κ3) is 2.28. The van der Waals surface area contributed by atoms with Gasteiger partial charge in [-0.25, -0.2) is 4.98 Å². The third-order valence-corrected chi connectivity index (χ3v) is 4.05. The number of hydrogen-bond acceptors (Lipinski definition) is 4. The maximum Gasteiger partial charge on any atom is 0.217 e. The van der Waals surface area contributed by atoms with Crippen LogP contribution >= 0.6 is 0 Å². The van der Waals surface area contributed by atoms with E-state index in [0.29, 0.717) is 11.8 Å². The van der Waals surface area contributed by atoms with Crippen molar-refractivity contribution >= 4 is 0 Å². The molecule has 2 unspecified atom stereocenters. The third-order valence-electron chi connectivity index (χ3n) is 4.05. The molecule has 1 heterocycles. The molecule has 104 valence electrons. The number of nitrogens with one attached hydrogen (secondary N) is 1. The number of fused-ring (bicyclic) bond motifs is 1. The monoisotopic (exact) mass is 269 g/mol. The van der Waals surface area contributed by atoms with Crippen molar-refractivity contribution in [1.29, 1.82) is 0 Å². The van der Waals surface area contributed by atoms with Crippen molar-refractivity contribution < 1.29 is 4.74 Å². The largest absolute Gasteiger partial charge is 0.481 e. The minimum Gasteiger partial charge on any atom is -0.481 e. The number of ether oxygens (including phenoxy) is 1. The van der Waals surface area contributed by atoms with Gasteiger partial charge in [0, 0.05) is 11.8 Å². The molecule has 0 aliphatic heterocycles. The lowest BCUT2D eigenvalue weighted by Crippen LogP contribution is -2.32. The zero-order chi connectivity index (χ0) is 13.9. The summed E-state index contributed by atoms with van der Waals surface area (Å²) >= 11 is 0. The van der Waals surface area contributed by atoms with Gasteiger partial charge >= 0.3 is 0 Å². The highest BCUT2D eigenvalue weighted by molar-refractivity contribution is 5.40. The van der Waals surface area contributed by atoms with Crippen molar-refractivity contribution in [2.75, 3.05) is 7.11 Å². The number of nitrogens with two attached hydrogens (primary N) is 1. The summed E-state index contributed by atoms with van der Waals surface area (Å²) in [4.78, 5) is 4.24. The normalized spacial score (nSPS) is 18.0. The van der Waals surface area contributed by atoms with Gasteiger partial charge in [-0.1, -0.05) is 30.3 Å². The van der Waals surface area contributed by atoms with Crippen molar-refractivity contribution in [3.63, 3.8) is 0 Å². The molecule has 1 aromatic heterocycles. The lowest BCUT2D eigenvalue weighted by Gasteiger charge is -2.33. The fourth-order valence-electron chi connectivity index (χ4n) is 2.98. The van der Waals surface area contributed by atoms with Crippen LogP contribution in [0.3, 0.4) is 0 Å². The molecule has 2 aromatic rings. The Morgan fingerprint density at radius 3 is 2.95 bits per heavy atom. The number of rotatable bonds is 5. The molecule has 0 saturated carbocycles. The highest BCUT2D eigenvalue weighted by Gasteiger charge is 2.29. The van der Waals surface area contributed by atoms with E-state index in [1.807, 2.05) is 12.1 Å². The van der Waals surface area contributed by atoms with E-state index in [4.69, 9.17) is 10.6 Å². The molecule has 1 aromatic carbocycles. The van der Waals surface area contributed by atoms with Crippen molar-refractivity contribution in [3.8, 4) is 5.88 Å². The first-order valence-electron chi connectivity index (χ1n) is 6.86. The molecular formula is C16H19N3O. The predicted molar refractivity (Wildman–Crippen MR) is 78.4 cm³/mol. The Bertz CT molecular complexity index is 600. The Hall–Kier alpha value is -1.91. The van der Waals surface area contributed by atoms with Gasteiger partial charge < -0.3 is 4.74 Å². The molecule has 0 fully saturated rings. The van der Waals surface area contributed by atoms with Gasteiger partial charge in [0.05, 0.1) is 13.2 Å². The van der Waals surface area contributed by atoms with Crippen LogP contribution in [-0.4, -0.2) is 12.1 Å². The Morgan fingerprint density at radius 2 is 2.20 bits per heavy atom. The maximum atomic E-state index is 5.74. The van der Waals surface area contributed by atoms with Crippen LogP contribution < -0.4 is 16.0 Å². The maximum absolute atomic E-state index is 5.74. The molecule has 4 heteroatoms. The molecule has 0 radical (unpaired) electrons. The fourth-order valence-corrected chi connectivity index (χ4v) is 2.98. The van der Waals surface area contributed by atoms with Gasteiger partial charge in [0.15, 0.2) is 0 Å². The first-order valence-corrected chi connectivity index (χ1v) is 6.86. The number of methoxy groups -OCH3 is 1. The smallest absolute Gasteiger partial charge is 0.217 e. The zero-order valence-corrected chi connectivity index (χ0v) is 11.5. The topological polar surface area (TPSA) is 60.2 Å². The van der Waals surface area contributed by atoms with Crippen molar-refractivity contribution in [1.82, 2.24) is 10.4 Å². The summed E-state index contributed by atoms with van der Waals surface area (Å²) < 4.78 is 5.32. The van der Waals surface area contributed by atoms with Gasteiger partial charge in [0.2, 0.25) is 5.88 Å². The molecule has 3 N–H and O–H groups in total. The molecule has 3 rings (SSSR count). The van der Waals surface area contributed by atoms with Gasteiger partial charge in [-0.3, -0.25) is 11.3 Å². The summed E-state index contributed by atoms with van der Waals surface area (Å²) in [7, 11) is 1.64. The van der Waals surface area contributed by atoms with Crippen LogP contribution in [0.2, 0.25) is 0 Å². The SMILES string of the molecule is COc1ncccc1C(CC1Cc2ccccc21)NN. The molecule has 20 heavy (non-hydrogen) atoms. The second kappa shape index (κ2) is 5.61. The van der Waals surface area contributed by atoms with E-state index in [1.165, 1.54) is 11.1 Å². The first kappa shape index (κ1) is 13.1. The standard InChI is InChI=1S/C16H19N3O/c1-20-16-14(7-4-8-18-16)15(19-17)10-12-9-11-5-2-3-6-13(11)12/h2-8,12,15,19H,9-10,17H2,1H3. The summed E-state index contributed by atoms with van der Waals surface area (Å²) in [6.45, 7) is 0. The van der Waals surface area contributed by atoms with Crippen LogP contribution in [0.25, 0.3) is 0 Å². The summed E-state index contributed by atoms with van der Waals surface area (Å²) in [5, 5.41) is 0. The number of hydrogen-bond donors (Lipinski definition) is 2. The van der Waals surface area contributed by atoms with Gasteiger partial charge in [-0.05, 0) is 36.0 Å². The molecule has 4 nitrogen and oxygen atoms in total. The Labute approximate surface area is 119 Å². The van der Waals surface area contributed by atoms with Gasteiger partial charge in [-0.2, -0.15) is 0 Å². The van der Waals surface area contributed by atoms with Crippen LogP contribution in [-0.2, 0) is 6.42 Å². The zero-order valence-electron chi connectivity index (χ0n) is 11.5. The van der Waals surface area contributed by atoms with E-state index in [-0.39, 0.29) is 6.04 Å². The fraction of sp³-hybridized carbons (Fsp3) is 0.312. The summed E-state index contributed by atoms with van der Waals surface area (Å²) in [6, 6.07) is 12.6. The summed E-state index contributed by atoms with van der Waals surface area (Å²) in [6.07, 6.45) is 3.81. The van der Waals surface area contributed by atoms with E-state index < -0.39 is 0 Å². The summed E-state index contributed by atoms with van der Waals surface area (Å²) in [5.41, 5.74) is 6.81. The van der Waals surface area contributed by atoms with Gasteiger partial charge in [0.25, 0.3) is 0 Å². The highest BCUT2D eigenvalue weighted by atomic mass is 16.5. The number of pyridine rings is 1. The van der Waals surface area contributed by atoms with E-state index in [9.17, 15) is 0 Å². The molecular weight excluding hydrogens is 250 g/mol. The van der Waals surface area contributed by atoms with Crippen molar-refractivity contribution in [2.24, 2.45) is 5.84 Å². The predicted octanol–water partition coefficient (Wildman–Crippen LogP) is 2.32. The van der Waals surface area contributed by atoms with Crippen LogP contribution in [0, 0.1) is 0 Å². The van der Waals surface area contributed by atoms with Gasteiger partial charge in [-0.15, -0.1) is 0 Å². The second-order valence-corrected chi connectivity index (χ2v) is 5.16. The molecule has 0 bridgehead atoms. The van der Waals surface area contributed by atoms with Crippen molar-refractivity contribution in [2.45, 2.75) is 24.8 Å². The van der Waals surface area contributed by atoms with E-state index in [0.717, 1.165) is 18.4 Å². The Morgan fingerprint density at radius 1 is 1.35 bits per heavy atom. The van der Waals surface area contributed by atoms with E-state index in [2.05, 4.69) is 34.7 Å². The van der Waals surface area contributed by atoms with Gasteiger partial charge in [0.1, 0.15) is 0 Å². The van der Waals surface area contributed by atoms with Crippen LogP contribution in [0.5, 0.6) is 5.88 Å². The molecule has 0 spiro atoms. The minimum atomic E-state index is 0.0528. The molecule has 1 aliphatic rings. The molecule has 2 atom stereocenters. The quantitative estimate of drug-likeness (QED) is 0.646.